The molecule has 0 heterocycles. The molecule has 1 amide bonds. The van der Waals surface area contributed by atoms with E-state index in [2.05, 4.69) is 17.4 Å². The second-order valence-corrected chi connectivity index (χ2v) is 7.80. The van der Waals surface area contributed by atoms with E-state index in [0.717, 1.165) is 16.7 Å². The van der Waals surface area contributed by atoms with E-state index in [1.807, 2.05) is 42.5 Å². The Bertz CT molecular complexity index is 790. The van der Waals surface area contributed by atoms with Gasteiger partial charge < -0.3 is 20.3 Å². The highest BCUT2D eigenvalue weighted by molar-refractivity contribution is 5.68. The Labute approximate surface area is 166 Å². The van der Waals surface area contributed by atoms with Crippen LogP contribution in [-0.4, -0.2) is 34.2 Å². The molecule has 0 saturated heterocycles. The number of hydrogen-bond acceptors (Lipinski definition) is 4. The van der Waals surface area contributed by atoms with Gasteiger partial charge in [-0.3, -0.25) is 0 Å². The molecule has 0 fully saturated rings. The van der Waals surface area contributed by atoms with Crippen molar-refractivity contribution in [2.45, 2.75) is 52.0 Å². The van der Waals surface area contributed by atoms with Crippen molar-refractivity contribution < 1.29 is 19.7 Å². The van der Waals surface area contributed by atoms with Crippen LogP contribution < -0.4 is 5.32 Å². The highest BCUT2D eigenvalue weighted by Crippen LogP contribution is 2.20. The number of aliphatic hydroxyl groups excluding tert-OH is 1. The number of aliphatic hydroxyl groups is 2. The number of carbonyl (C=O) groups is 1. The highest BCUT2D eigenvalue weighted by atomic mass is 16.6. The lowest BCUT2D eigenvalue weighted by molar-refractivity contribution is -0.00817. The van der Waals surface area contributed by atoms with Crippen molar-refractivity contribution in [2.75, 3.05) is 0 Å². The molecule has 2 aromatic carbocycles. The van der Waals surface area contributed by atoms with Crippen molar-refractivity contribution in [3.63, 3.8) is 0 Å². The maximum Gasteiger partial charge on any atom is 0.408 e. The molecule has 0 aliphatic rings. The lowest BCUT2D eigenvalue weighted by Crippen LogP contribution is -2.39. The zero-order valence-corrected chi connectivity index (χ0v) is 16.8. The van der Waals surface area contributed by atoms with Crippen LogP contribution in [-0.2, 0) is 11.2 Å². The van der Waals surface area contributed by atoms with E-state index in [1.54, 1.807) is 33.8 Å². The third kappa shape index (κ3) is 7.18. The number of benzene rings is 2. The summed E-state index contributed by atoms with van der Waals surface area (Å²) in [5.41, 5.74) is 3.01. The molecule has 0 spiro atoms. The smallest absolute Gasteiger partial charge is 0.408 e. The molecule has 150 valence electrons. The fraction of sp³-hybridized carbons (Fsp3) is 0.348. The van der Waals surface area contributed by atoms with E-state index < -0.39 is 24.0 Å². The summed E-state index contributed by atoms with van der Waals surface area (Å²) < 4.78 is 5.32. The second kappa shape index (κ2) is 9.53. The first-order valence-corrected chi connectivity index (χ1v) is 9.32. The Morgan fingerprint density at radius 2 is 1.61 bits per heavy atom. The van der Waals surface area contributed by atoms with Crippen LogP contribution in [0.1, 0.15) is 33.3 Å². The van der Waals surface area contributed by atoms with Crippen molar-refractivity contribution in [1.29, 1.82) is 0 Å². The van der Waals surface area contributed by atoms with Crippen LogP contribution in [0, 0.1) is 0 Å². The molecule has 5 heteroatoms. The van der Waals surface area contributed by atoms with Crippen molar-refractivity contribution >= 4 is 6.09 Å². The van der Waals surface area contributed by atoms with Gasteiger partial charge in [-0.25, -0.2) is 4.79 Å². The zero-order valence-electron chi connectivity index (χ0n) is 16.8. The number of alkyl carbamates (subject to hydrolysis) is 1. The van der Waals surface area contributed by atoms with Gasteiger partial charge in [-0.05, 0) is 56.4 Å². The lowest BCUT2D eigenvalue weighted by atomic mass is 9.99. The largest absolute Gasteiger partial charge is 0.444 e. The van der Waals surface area contributed by atoms with Gasteiger partial charge in [0.2, 0.25) is 0 Å². The molecule has 0 bridgehead atoms. The molecular weight excluding hydrogens is 354 g/mol. The van der Waals surface area contributed by atoms with Gasteiger partial charge in [0, 0.05) is 0 Å². The van der Waals surface area contributed by atoms with Crippen LogP contribution in [0.15, 0.2) is 66.2 Å². The van der Waals surface area contributed by atoms with E-state index in [0.29, 0.717) is 12.0 Å². The minimum Gasteiger partial charge on any atom is -0.444 e. The van der Waals surface area contributed by atoms with Crippen LogP contribution in [0.2, 0.25) is 0 Å². The minimum absolute atomic E-state index is 0.363. The van der Waals surface area contributed by atoms with E-state index in [9.17, 15) is 15.0 Å². The van der Waals surface area contributed by atoms with Gasteiger partial charge in [-0.1, -0.05) is 60.7 Å². The molecule has 0 aliphatic heterocycles. The van der Waals surface area contributed by atoms with Crippen molar-refractivity contribution in [2.24, 2.45) is 0 Å². The molecule has 0 aliphatic carbocycles. The normalized spacial score (nSPS) is 13.3. The first-order chi connectivity index (χ1) is 13.1. The van der Waals surface area contributed by atoms with Crippen LogP contribution in [0.5, 0.6) is 0 Å². The fourth-order valence-corrected chi connectivity index (χ4v) is 2.73. The molecule has 1 unspecified atom stereocenters. The average Bonchev–Trinajstić information content (AvgIpc) is 2.61. The molecule has 0 radical (unpaired) electrons. The molecule has 28 heavy (non-hydrogen) atoms. The molecule has 5 nitrogen and oxygen atoms in total. The highest BCUT2D eigenvalue weighted by Gasteiger charge is 2.19. The lowest BCUT2D eigenvalue weighted by Gasteiger charge is -2.23. The maximum atomic E-state index is 12.2. The number of carbonyl (C=O) groups excluding carboxylic acids is 1. The summed E-state index contributed by atoms with van der Waals surface area (Å²) in [6.07, 6.45) is 0.0243. The number of rotatable bonds is 6. The van der Waals surface area contributed by atoms with Crippen LogP contribution in [0.25, 0.3) is 11.1 Å². The summed E-state index contributed by atoms with van der Waals surface area (Å²) in [5, 5.41) is 21.5. The Hall–Kier alpha value is -2.63. The first kappa shape index (κ1) is 21.7. The minimum atomic E-state index is -1.57. The zero-order chi connectivity index (χ0) is 20.7. The van der Waals surface area contributed by atoms with Gasteiger partial charge in [0.15, 0.2) is 6.29 Å². The summed E-state index contributed by atoms with van der Waals surface area (Å²) in [5.74, 6) is 0. The molecule has 2 rings (SSSR count). The Kier molecular flexibility index (Phi) is 7.38. The third-order valence-corrected chi connectivity index (χ3v) is 4.09. The van der Waals surface area contributed by atoms with Crippen LogP contribution in [0.3, 0.4) is 0 Å². The molecule has 0 saturated carbocycles. The summed E-state index contributed by atoms with van der Waals surface area (Å²) in [6, 6.07) is 17.7. The number of hydrogen-bond donors (Lipinski definition) is 3. The summed E-state index contributed by atoms with van der Waals surface area (Å²) >= 11 is 0. The van der Waals surface area contributed by atoms with E-state index >= 15 is 0 Å². The van der Waals surface area contributed by atoms with Crippen LogP contribution >= 0.6 is 0 Å². The summed E-state index contributed by atoms with van der Waals surface area (Å²) in [4.78, 5) is 12.2. The monoisotopic (exact) mass is 383 g/mol. The van der Waals surface area contributed by atoms with Gasteiger partial charge >= 0.3 is 6.09 Å². The van der Waals surface area contributed by atoms with E-state index in [4.69, 9.17) is 4.74 Å². The number of ether oxygens (including phenoxy) is 1. The Morgan fingerprint density at radius 3 is 2.14 bits per heavy atom. The van der Waals surface area contributed by atoms with Gasteiger partial charge in [0.25, 0.3) is 0 Å². The first-order valence-electron chi connectivity index (χ1n) is 9.32. The van der Waals surface area contributed by atoms with Crippen molar-refractivity contribution in [1.82, 2.24) is 5.32 Å². The number of nitrogens with one attached hydrogen (secondary N) is 1. The van der Waals surface area contributed by atoms with Gasteiger partial charge in [-0.2, -0.15) is 0 Å². The predicted molar refractivity (Wildman–Crippen MR) is 111 cm³/mol. The average molecular weight is 383 g/mol. The molecular formula is C23H29NO4. The summed E-state index contributed by atoms with van der Waals surface area (Å²) in [7, 11) is 0. The molecule has 2 aromatic rings. The van der Waals surface area contributed by atoms with Crippen molar-refractivity contribution in [3.8, 4) is 11.1 Å². The maximum absolute atomic E-state index is 12.2. The number of amides is 1. The SMILES string of the molecule is C/C(=C/C(Cc1ccc(-c2ccccc2)cc1)NC(=O)OC(C)(C)C)C(O)O. The fourth-order valence-electron chi connectivity index (χ4n) is 2.73. The molecule has 3 N–H and O–H groups in total. The summed E-state index contributed by atoms with van der Waals surface area (Å²) in [6.45, 7) is 6.99. The Balaban J connectivity index is 2.15. The topological polar surface area (TPSA) is 78.8 Å². The van der Waals surface area contributed by atoms with Crippen LogP contribution in [0.4, 0.5) is 4.79 Å². The molecule has 1 atom stereocenters. The van der Waals surface area contributed by atoms with Gasteiger partial charge in [0.1, 0.15) is 5.60 Å². The second-order valence-electron chi connectivity index (χ2n) is 7.80. The predicted octanol–water partition coefficient (Wildman–Crippen LogP) is 4.05. The van der Waals surface area contributed by atoms with Gasteiger partial charge in [0.05, 0.1) is 6.04 Å². The molecule has 0 aromatic heterocycles. The standard InChI is InChI=1S/C23H29NO4/c1-16(21(25)26)14-20(24-22(27)28-23(2,3)4)15-17-10-12-19(13-11-17)18-8-6-5-7-9-18/h5-14,20-21,25-26H,15H2,1-4H3,(H,24,27)/b16-14-. The quantitative estimate of drug-likeness (QED) is 0.519. The van der Waals surface area contributed by atoms with E-state index in [-0.39, 0.29) is 0 Å². The van der Waals surface area contributed by atoms with E-state index in [1.165, 1.54) is 0 Å². The Morgan fingerprint density at radius 1 is 1.04 bits per heavy atom. The van der Waals surface area contributed by atoms with Crippen molar-refractivity contribution in [3.05, 3.63) is 71.8 Å². The third-order valence-electron chi connectivity index (χ3n) is 4.09. The van der Waals surface area contributed by atoms with Gasteiger partial charge in [-0.15, -0.1) is 0 Å².